The molecule has 1 heterocycles. The largest absolute Gasteiger partial charge is 0.462 e. The van der Waals surface area contributed by atoms with Crippen LogP contribution in [0.1, 0.15) is 11.1 Å². The second-order valence-electron chi connectivity index (χ2n) is 4.81. The Kier molecular flexibility index (Phi) is 4.39. The van der Waals surface area contributed by atoms with Gasteiger partial charge >= 0.3 is 5.97 Å². The zero-order valence-electron chi connectivity index (χ0n) is 12.0. The number of hydrogen-bond donors (Lipinski definition) is 0. The highest BCUT2D eigenvalue weighted by molar-refractivity contribution is 5.87. The Morgan fingerprint density at radius 2 is 1.95 bits per heavy atom. The molecule has 1 aliphatic rings. The molecular weight excluding hydrogens is 280 g/mol. The molecule has 0 bridgehead atoms. The molecular formula is C18H16O4. The van der Waals surface area contributed by atoms with Gasteiger partial charge in [-0.15, -0.1) is 0 Å². The van der Waals surface area contributed by atoms with E-state index in [0.29, 0.717) is 13.0 Å². The molecule has 0 unspecified atom stereocenters. The third-order valence-corrected chi connectivity index (χ3v) is 3.31. The predicted octanol–water partition coefficient (Wildman–Crippen LogP) is 3.21. The summed E-state index contributed by atoms with van der Waals surface area (Å²) in [7, 11) is 0. The highest BCUT2D eigenvalue weighted by Gasteiger charge is 2.16. The van der Waals surface area contributed by atoms with Crippen molar-refractivity contribution in [2.24, 2.45) is 0 Å². The first-order valence-electron chi connectivity index (χ1n) is 7.10. The highest BCUT2D eigenvalue weighted by Crippen LogP contribution is 2.35. The molecule has 0 atom stereocenters. The fraction of sp³-hybridized carbons (Fsp3) is 0.167. The monoisotopic (exact) mass is 296 g/mol. The van der Waals surface area contributed by atoms with E-state index in [1.54, 1.807) is 6.08 Å². The zero-order chi connectivity index (χ0) is 15.2. The molecule has 0 aliphatic carbocycles. The molecule has 2 aromatic rings. The van der Waals surface area contributed by atoms with E-state index in [9.17, 15) is 4.79 Å². The summed E-state index contributed by atoms with van der Waals surface area (Å²) in [4.78, 5) is 11.7. The molecule has 0 spiro atoms. The van der Waals surface area contributed by atoms with Gasteiger partial charge in [0.05, 0.1) is 6.61 Å². The number of esters is 1. The number of fused-ring (bicyclic) bond motifs is 1. The van der Waals surface area contributed by atoms with Gasteiger partial charge in [-0.2, -0.15) is 0 Å². The standard InChI is InChI=1S/C18H16O4/c19-17(10-9-14-5-2-1-3-6-14)20-12-11-15-7-4-8-16-18(15)22-13-21-16/h1-10H,11-13H2/b10-9+. The summed E-state index contributed by atoms with van der Waals surface area (Å²) in [5.41, 5.74) is 1.95. The van der Waals surface area contributed by atoms with Crippen LogP contribution in [0.4, 0.5) is 0 Å². The Morgan fingerprint density at radius 1 is 1.09 bits per heavy atom. The van der Waals surface area contributed by atoms with Crippen LogP contribution >= 0.6 is 0 Å². The Labute approximate surface area is 128 Å². The maximum absolute atomic E-state index is 11.7. The van der Waals surface area contributed by atoms with Crippen LogP contribution in [-0.2, 0) is 16.0 Å². The molecule has 0 fully saturated rings. The quantitative estimate of drug-likeness (QED) is 0.628. The smallest absolute Gasteiger partial charge is 0.330 e. The number of ether oxygens (including phenoxy) is 3. The minimum Gasteiger partial charge on any atom is -0.462 e. The van der Waals surface area contributed by atoms with Crippen molar-refractivity contribution in [3.05, 3.63) is 65.7 Å². The number of carbonyl (C=O) groups excluding carboxylic acids is 1. The van der Waals surface area contributed by atoms with Gasteiger partial charge in [0.1, 0.15) is 0 Å². The summed E-state index contributed by atoms with van der Waals surface area (Å²) in [6.07, 6.45) is 3.77. The first kappa shape index (κ1) is 14.2. The van der Waals surface area contributed by atoms with E-state index < -0.39 is 0 Å². The van der Waals surface area contributed by atoms with Crippen molar-refractivity contribution in [2.75, 3.05) is 13.4 Å². The average Bonchev–Trinajstić information content (AvgIpc) is 3.03. The van der Waals surface area contributed by atoms with Gasteiger partial charge in [0.25, 0.3) is 0 Å². The van der Waals surface area contributed by atoms with E-state index in [2.05, 4.69) is 0 Å². The van der Waals surface area contributed by atoms with E-state index in [4.69, 9.17) is 14.2 Å². The molecule has 22 heavy (non-hydrogen) atoms. The van der Waals surface area contributed by atoms with Gasteiger partial charge in [-0.1, -0.05) is 42.5 Å². The molecule has 0 saturated carbocycles. The van der Waals surface area contributed by atoms with Crippen LogP contribution in [0.3, 0.4) is 0 Å². The Balaban J connectivity index is 1.50. The second-order valence-corrected chi connectivity index (χ2v) is 4.81. The molecule has 4 heteroatoms. The first-order chi connectivity index (χ1) is 10.8. The van der Waals surface area contributed by atoms with E-state index in [1.165, 1.54) is 6.08 Å². The zero-order valence-corrected chi connectivity index (χ0v) is 12.0. The van der Waals surface area contributed by atoms with Crippen LogP contribution in [-0.4, -0.2) is 19.4 Å². The van der Waals surface area contributed by atoms with Crippen molar-refractivity contribution in [1.82, 2.24) is 0 Å². The fourth-order valence-electron chi connectivity index (χ4n) is 2.23. The molecule has 0 N–H and O–H groups in total. The summed E-state index contributed by atoms with van der Waals surface area (Å²) < 4.78 is 15.9. The Hall–Kier alpha value is -2.75. The lowest BCUT2D eigenvalue weighted by molar-refractivity contribution is -0.137. The van der Waals surface area contributed by atoms with Crippen molar-refractivity contribution in [2.45, 2.75) is 6.42 Å². The van der Waals surface area contributed by atoms with Crippen molar-refractivity contribution in [1.29, 1.82) is 0 Å². The van der Waals surface area contributed by atoms with E-state index in [1.807, 2.05) is 48.5 Å². The normalized spacial score (nSPS) is 12.5. The van der Waals surface area contributed by atoms with Crippen LogP contribution in [0.2, 0.25) is 0 Å². The van der Waals surface area contributed by atoms with Crippen molar-refractivity contribution < 1.29 is 19.0 Å². The third kappa shape index (κ3) is 3.47. The summed E-state index contributed by atoms with van der Waals surface area (Å²) >= 11 is 0. The predicted molar refractivity (Wildman–Crippen MR) is 82.7 cm³/mol. The van der Waals surface area contributed by atoms with Gasteiger partial charge in [-0.05, 0) is 17.7 Å². The van der Waals surface area contributed by atoms with Crippen LogP contribution in [0.25, 0.3) is 6.08 Å². The lowest BCUT2D eigenvalue weighted by atomic mass is 10.1. The summed E-state index contributed by atoms with van der Waals surface area (Å²) in [5.74, 6) is 1.14. The Bertz CT molecular complexity index is 677. The van der Waals surface area contributed by atoms with Gasteiger partial charge in [0.2, 0.25) is 6.79 Å². The molecule has 1 aliphatic heterocycles. The third-order valence-electron chi connectivity index (χ3n) is 3.31. The van der Waals surface area contributed by atoms with Gasteiger partial charge in [-0.25, -0.2) is 4.79 Å². The SMILES string of the molecule is O=C(/C=C/c1ccccc1)OCCc1cccc2c1OCO2. The summed E-state index contributed by atoms with van der Waals surface area (Å²) in [6.45, 7) is 0.545. The van der Waals surface area contributed by atoms with Crippen LogP contribution in [0, 0.1) is 0 Å². The molecule has 4 nitrogen and oxygen atoms in total. The number of benzene rings is 2. The van der Waals surface area contributed by atoms with E-state index >= 15 is 0 Å². The second kappa shape index (κ2) is 6.80. The minimum atomic E-state index is -0.353. The molecule has 0 saturated heterocycles. The molecule has 112 valence electrons. The topological polar surface area (TPSA) is 44.8 Å². The van der Waals surface area contributed by atoms with Crippen LogP contribution in [0.15, 0.2) is 54.6 Å². The maximum atomic E-state index is 11.7. The summed E-state index contributed by atoms with van der Waals surface area (Å²) in [5, 5.41) is 0. The Morgan fingerprint density at radius 3 is 2.82 bits per heavy atom. The molecule has 2 aromatic carbocycles. The highest BCUT2D eigenvalue weighted by atomic mass is 16.7. The summed E-state index contributed by atoms with van der Waals surface area (Å²) in [6, 6.07) is 15.3. The van der Waals surface area contributed by atoms with E-state index in [-0.39, 0.29) is 12.8 Å². The number of carbonyl (C=O) groups is 1. The lowest BCUT2D eigenvalue weighted by Gasteiger charge is -2.05. The van der Waals surface area contributed by atoms with E-state index in [0.717, 1.165) is 22.6 Å². The lowest BCUT2D eigenvalue weighted by Crippen LogP contribution is -2.05. The van der Waals surface area contributed by atoms with Gasteiger partial charge in [0.15, 0.2) is 11.5 Å². The minimum absolute atomic E-state index is 0.242. The first-order valence-corrected chi connectivity index (χ1v) is 7.10. The number of rotatable bonds is 5. The average molecular weight is 296 g/mol. The molecule has 0 radical (unpaired) electrons. The number of para-hydroxylation sites is 1. The van der Waals surface area contributed by atoms with Gasteiger partial charge in [-0.3, -0.25) is 0 Å². The molecule has 0 aromatic heterocycles. The van der Waals surface area contributed by atoms with Crippen LogP contribution < -0.4 is 9.47 Å². The number of hydrogen-bond acceptors (Lipinski definition) is 4. The van der Waals surface area contributed by atoms with Crippen molar-refractivity contribution in [3.8, 4) is 11.5 Å². The maximum Gasteiger partial charge on any atom is 0.330 e. The fourth-order valence-corrected chi connectivity index (χ4v) is 2.23. The van der Waals surface area contributed by atoms with Gasteiger partial charge in [0, 0.05) is 18.1 Å². The van der Waals surface area contributed by atoms with Crippen molar-refractivity contribution in [3.63, 3.8) is 0 Å². The van der Waals surface area contributed by atoms with Gasteiger partial charge < -0.3 is 14.2 Å². The molecule has 0 amide bonds. The molecule has 3 rings (SSSR count). The van der Waals surface area contributed by atoms with Crippen molar-refractivity contribution >= 4 is 12.0 Å². The van der Waals surface area contributed by atoms with Crippen LogP contribution in [0.5, 0.6) is 11.5 Å².